The van der Waals surface area contributed by atoms with Gasteiger partial charge in [-0.25, -0.2) is 0 Å². The molecule has 0 fully saturated rings. The average molecular weight is 212 g/mol. The van der Waals surface area contributed by atoms with Crippen molar-refractivity contribution in [2.75, 3.05) is 13.1 Å². The van der Waals surface area contributed by atoms with E-state index in [1.807, 2.05) is 0 Å². The van der Waals surface area contributed by atoms with Crippen LogP contribution >= 0.6 is 11.6 Å². The average Bonchev–Trinajstić information content (AvgIpc) is 2.18. The molecule has 76 valence electrons. The molecule has 14 heavy (non-hydrogen) atoms. The topological polar surface area (TPSA) is 29.1 Å². The predicted molar refractivity (Wildman–Crippen MR) is 58.9 cm³/mol. The molecule has 0 spiro atoms. The third kappa shape index (κ3) is 3.48. The van der Waals surface area contributed by atoms with Crippen LogP contribution in [0.5, 0.6) is 0 Å². The number of carbonyl (C=O) groups excluding carboxylic acids is 1. The van der Waals surface area contributed by atoms with Crippen LogP contribution < -0.4 is 5.32 Å². The summed E-state index contributed by atoms with van der Waals surface area (Å²) in [6.07, 6.45) is 1.03. The van der Waals surface area contributed by atoms with Crippen molar-refractivity contribution in [2.45, 2.75) is 13.3 Å². The zero-order chi connectivity index (χ0) is 10.4. The number of hydrogen-bond acceptors (Lipinski definition) is 2. The number of Topliss-reactive ketones (excluding diaryl/α,β-unsaturated/α-hetero) is 1. The van der Waals surface area contributed by atoms with Crippen LogP contribution in [0.3, 0.4) is 0 Å². The van der Waals surface area contributed by atoms with Gasteiger partial charge in [-0.05, 0) is 25.1 Å². The van der Waals surface area contributed by atoms with Crippen molar-refractivity contribution in [1.82, 2.24) is 5.32 Å². The fourth-order valence-corrected chi connectivity index (χ4v) is 1.33. The maximum absolute atomic E-state index is 11.6. The second-order valence-corrected chi connectivity index (χ2v) is 3.55. The van der Waals surface area contributed by atoms with E-state index in [0.29, 0.717) is 17.1 Å². The SMILES string of the molecule is CCCNCC(=O)c1cccc(Cl)c1. The maximum Gasteiger partial charge on any atom is 0.176 e. The lowest BCUT2D eigenvalue weighted by Crippen LogP contribution is -2.23. The number of rotatable bonds is 5. The zero-order valence-electron chi connectivity index (χ0n) is 8.22. The summed E-state index contributed by atoms with van der Waals surface area (Å²) in [6.45, 7) is 3.32. The normalized spacial score (nSPS) is 10.1. The van der Waals surface area contributed by atoms with Crippen molar-refractivity contribution < 1.29 is 4.79 Å². The second-order valence-electron chi connectivity index (χ2n) is 3.11. The van der Waals surface area contributed by atoms with Crippen molar-refractivity contribution in [3.8, 4) is 0 Å². The summed E-state index contributed by atoms with van der Waals surface area (Å²) in [5.74, 6) is 0.0842. The van der Waals surface area contributed by atoms with Crippen molar-refractivity contribution in [3.05, 3.63) is 34.9 Å². The van der Waals surface area contributed by atoms with Crippen molar-refractivity contribution in [3.63, 3.8) is 0 Å². The molecule has 1 rings (SSSR count). The van der Waals surface area contributed by atoms with E-state index in [1.165, 1.54) is 0 Å². The number of nitrogens with one attached hydrogen (secondary N) is 1. The van der Waals surface area contributed by atoms with E-state index in [2.05, 4.69) is 12.2 Å². The Balaban J connectivity index is 2.52. The van der Waals surface area contributed by atoms with Gasteiger partial charge in [0.15, 0.2) is 5.78 Å². The van der Waals surface area contributed by atoms with Gasteiger partial charge in [0.1, 0.15) is 0 Å². The molecule has 0 atom stereocenters. The van der Waals surface area contributed by atoms with Gasteiger partial charge in [-0.3, -0.25) is 4.79 Å². The van der Waals surface area contributed by atoms with Gasteiger partial charge in [0.2, 0.25) is 0 Å². The highest BCUT2D eigenvalue weighted by molar-refractivity contribution is 6.31. The Morgan fingerprint density at radius 3 is 2.93 bits per heavy atom. The van der Waals surface area contributed by atoms with E-state index >= 15 is 0 Å². The van der Waals surface area contributed by atoms with Gasteiger partial charge in [0, 0.05) is 10.6 Å². The summed E-state index contributed by atoms with van der Waals surface area (Å²) >= 11 is 5.78. The Morgan fingerprint density at radius 2 is 2.29 bits per heavy atom. The molecule has 0 amide bonds. The summed E-state index contributed by atoms with van der Waals surface area (Å²) in [5.41, 5.74) is 0.668. The molecule has 1 aromatic carbocycles. The van der Waals surface area contributed by atoms with E-state index in [9.17, 15) is 4.79 Å². The van der Waals surface area contributed by atoms with Gasteiger partial charge in [0.05, 0.1) is 6.54 Å². The Bertz CT molecular complexity index is 312. The number of carbonyl (C=O) groups is 1. The summed E-state index contributed by atoms with van der Waals surface area (Å²) in [7, 11) is 0. The number of halogens is 1. The maximum atomic E-state index is 11.6. The molecule has 1 aromatic rings. The Hall–Kier alpha value is -0.860. The van der Waals surface area contributed by atoms with E-state index < -0.39 is 0 Å². The van der Waals surface area contributed by atoms with Gasteiger partial charge in [-0.15, -0.1) is 0 Å². The van der Waals surface area contributed by atoms with Crippen LogP contribution in [-0.2, 0) is 0 Å². The Morgan fingerprint density at radius 1 is 1.50 bits per heavy atom. The molecule has 0 saturated carbocycles. The van der Waals surface area contributed by atoms with Crippen molar-refractivity contribution in [2.24, 2.45) is 0 Å². The molecule has 0 unspecified atom stereocenters. The van der Waals surface area contributed by atoms with Gasteiger partial charge in [-0.2, -0.15) is 0 Å². The minimum absolute atomic E-state index is 0.0842. The molecule has 0 aliphatic rings. The lowest BCUT2D eigenvalue weighted by molar-refractivity contribution is 0.0991. The fourth-order valence-electron chi connectivity index (χ4n) is 1.14. The highest BCUT2D eigenvalue weighted by Gasteiger charge is 2.04. The quantitative estimate of drug-likeness (QED) is 0.599. The van der Waals surface area contributed by atoms with Crippen LogP contribution in [0.15, 0.2) is 24.3 Å². The first-order valence-electron chi connectivity index (χ1n) is 4.73. The first kappa shape index (κ1) is 11.2. The predicted octanol–water partition coefficient (Wildman–Crippen LogP) is 2.52. The summed E-state index contributed by atoms with van der Waals surface area (Å²) < 4.78 is 0. The summed E-state index contributed by atoms with van der Waals surface area (Å²) in [6, 6.07) is 7.02. The minimum atomic E-state index is 0.0842. The first-order valence-corrected chi connectivity index (χ1v) is 5.11. The summed E-state index contributed by atoms with van der Waals surface area (Å²) in [5, 5.41) is 3.66. The lowest BCUT2D eigenvalue weighted by Gasteiger charge is -2.02. The molecule has 3 heteroatoms. The largest absolute Gasteiger partial charge is 0.310 e. The molecule has 0 heterocycles. The first-order chi connectivity index (χ1) is 6.74. The number of hydrogen-bond donors (Lipinski definition) is 1. The van der Waals surface area contributed by atoms with Crippen LogP contribution in [0.2, 0.25) is 5.02 Å². The smallest absolute Gasteiger partial charge is 0.176 e. The van der Waals surface area contributed by atoms with Gasteiger partial charge in [-0.1, -0.05) is 30.7 Å². The molecule has 0 aliphatic heterocycles. The number of benzene rings is 1. The lowest BCUT2D eigenvalue weighted by atomic mass is 10.1. The molecule has 0 saturated heterocycles. The van der Waals surface area contributed by atoms with Crippen molar-refractivity contribution >= 4 is 17.4 Å². The van der Waals surface area contributed by atoms with E-state index in [4.69, 9.17) is 11.6 Å². The second kappa shape index (κ2) is 5.78. The highest BCUT2D eigenvalue weighted by Crippen LogP contribution is 2.10. The Kier molecular flexibility index (Phi) is 4.63. The highest BCUT2D eigenvalue weighted by atomic mass is 35.5. The van der Waals surface area contributed by atoms with E-state index in [0.717, 1.165) is 13.0 Å². The molecule has 2 nitrogen and oxygen atoms in total. The molecule has 0 radical (unpaired) electrons. The van der Waals surface area contributed by atoms with Gasteiger partial charge in [0.25, 0.3) is 0 Å². The van der Waals surface area contributed by atoms with Crippen LogP contribution in [-0.4, -0.2) is 18.9 Å². The van der Waals surface area contributed by atoms with E-state index in [1.54, 1.807) is 24.3 Å². The van der Waals surface area contributed by atoms with Crippen molar-refractivity contribution in [1.29, 1.82) is 0 Å². The fraction of sp³-hybridized carbons (Fsp3) is 0.364. The number of ketones is 1. The monoisotopic (exact) mass is 211 g/mol. The van der Waals surface area contributed by atoms with Crippen LogP contribution in [0.25, 0.3) is 0 Å². The third-order valence-electron chi connectivity index (χ3n) is 1.86. The molecule has 0 aliphatic carbocycles. The van der Waals surface area contributed by atoms with E-state index in [-0.39, 0.29) is 5.78 Å². The molecule has 1 N–H and O–H groups in total. The summed E-state index contributed by atoms with van der Waals surface area (Å²) in [4.78, 5) is 11.6. The third-order valence-corrected chi connectivity index (χ3v) is 2.09. The Labute approximate surface area is 89.3 Å². The zero-order valence-corrected chi connectivity index (χ0v) is 8.97. The molecule has 0 bridgehead atoms. The molecule has 0 aromatic heterocycles. The standard InChI is InChI=1S/C11H14ClNO/c1-2-6-13-8-11(14)9-4-3-5-10(12)7-9/h3-5,7,13H,2,6,8H2,1H3. The van der Waals surface area contributed by atoms with Crippen LogP contribution in [0, 0.1) is 0 Å². The van der Waals surface area contributed by atoms with Gasteiger partial charge < -0.3 is 5.32 Å². The molecular weight excluding hydrogens is 198 g/mol. The van der Waals surface area contributed by atoms with Crippen LogP contribution in [0.1, 0.15) is 23.7 Å². The van der Waals surface area contributed by atoms with Crippen LogP contribution in [0.4, 0.5) is 0 Å². The van der Waals surface area contributed by atoms with Gasteiger partial charge >= 0.3 is 0 Å². The molecular formula is C11H14ClNO. The minimum Gasteiger partial charge on any atom is -0.310 e.